The fourth-order valence-corrected chi connectivity index (χ4v) is 2.48. The molecule has 1 unspecified atom stereocenters. The summed E-state index contributed by atoms with van der Waals surface area (Å²) < 4.78 is 0. The molecule has 0 aromatic heterocycles. The summed E-state index contributed by atoms with van der Waals surface area (Å²) in [5, 5.41) is 13.0. The number of carbonyl (C=O) groups is 1. The number of amides is 1. The van der Waals surface area contributed by atoms with Crippen molar-refractivity contribution in [3.05, 3.63) is 35.9 Å². The normalized spacial score (nSPS) is 24.0. The Labute approximate surface area is 116 Å². The molecule has 1 saturated heterocycles. The number of rotatable bonds is 0. The van der Waals surface area contributed by atoms with E-state index < -0.39 is 11.7 Å². The first-order valence-electron chi connectivity index (χ1n) is 6.47. The van der Waals surface area contributed by atoms with Crippen LogP contribution in [0.3, 0.4) is 0 Å². The zero-order valence-electron chi connectivity index (χ0n) is 10.9. The number of carboxylic acid groups (broad SMARTS) is 1. The number of hydrogen-bond acceptors (Lipinski definition) is 3. The zero-order valence-corrected chi connectivity index (χ0v) is 10.9. The van der Waals surface area contributed by atoms with E-state index in [0.29, 0.717) is 31.6 Å². The smallest absolute Gasteiger partial charge is 0.407 e. The van der Waals surface area contributed by atoms with Crippen LogP contribution in [-0.2, 0) is 4.84 Å². The molecule has 2 aliphatic heterocycles. The average Bonchev–Trinajstić information content (AvgIpc) is 3.06. The summed E-state index contributed by atoms with van der Waals surface area (Å²) in [4.78, 5) is 17.8. The fraction of sp³-hybridized carbons (Fsp3) is 0.333. The van der Waals surface area contributed by atoms with Crippen molar-refractivity contribution in [2.45, 2.75) is 18.4 Å². The summed E-state index contributed by atoms with van der Waals surface area (Å²) in [6.45, 7) is 0.854. The highest BCUT2D eigenvalue weighted by molar-refractivity contribution is 6.02. The van der Waals surface area contributed by atoms with Gasteiger partial charge in [-0.1, -0.05) is 29.3 Å². The van der Waals surface area contributed by atoms with E-state index in [4.69, 9.17) is 9.94 Å². The Hall–Kier alpha value is -2.48. The molecule has 1 spiro atoms. The minimum atomic E-state index is -0.908. The highest BCUT2D eigenvalue weighted by Gasteiger charge is 2.46. The molecule has 1 aromatic rings. The lowest BCUT2D eigenvalue weighted by atomic mass is 9.97. The Balaban J connectivity index is 1.66. The van der Waals surface area contributed by atoms with Gasteiger partial charge in [0, 0.05) is 24.9 Å². The summed E-state index contributed by atoms with van der Waals surface area (Å²) in [5.74, 6) is 6.04. The lowest BCUT2D eigenvalue weighted by Crippen LogP contribution is -2.35. The molecule has 2 heterocycles. The number of hydrogen-bond donors (Lipinski definition) is 1. The van der Waals surface area contributed by atoms with Gasteiger partial charge < -0.3 is 14.8 Å². The van der Waals surface area contributed by atoms with Gasteiger partial charge in [-0.2, -0.15) is 0 Å². The van der Waals surface area contributed by atoms with Crippen molar-refractivity contribution in [3.8, 4) is 11.8 Å². The Kier molecular flexibility index (Phi) is 3.07. The Morgan fingerprint density at radius 2 is 2.15 bits per heavy atom. The Morgan fingerprint density at radius 3 is 2.85 bits per heavy atom. The number of benzene rings is 1. The maximum atomic E-state index is 10.9. The maximum Gasteiger partial charge on any atom is 0.407 e. The molecular formula is C15H14N2O3. The van der Waals surface area contributed by atoms with Gasteiger partial charge in [0.2, 0.25) is 0 Å². The molecule has 0 radical (unpaired) electrons. The molecule has 102 valence electrons. The third-order valence-electron chi connectivity index (χ3n) is 3.55. The van der Waals surface area contributed by atoms with E-state index in [-0.39, 0.29) is 0 Å². The van der Waals surface area contributed by atoms with E-state index in [2.05, 4.69) is 17.0 Å². The molecule has 2 aliphatic rings. The lowest BCUT2D eigenvalue weighted by Gasteiger charge is -2.19. The van der Waals surface area contributed by atoms with Gasteiger partial charge in [0.05, 0.1) is 6.54 Å². The van der Waals surface area contributed by atoms with E-state index in [9.17, 15) is 4.79 Å². The molecule has 20 heavy (non-hydrogen) atoms. The van der Waals surface area contributed by atoms with Crippen LogP contribution in [0.25, 0.3) is 0 Å². The Morgan fingerprint density at radius 1 is 1.35 bits per heavy atom. The average molecular weight is 270 g/mol. The largest absolute Gasteiger partial charge is 0.465 e. The number of likely N-dealkylation sites (tertiary alicyclic amines) is 1. The van der Waals surface area contributed by atoms with Crippen LogP contribution in [0, 0.1) is 11.8 Å². The summed E-state index contributed by atoms with van der Waals surface area (Å²) in [5.41, 5.74) is 1.11. The van der Waals surface area contributed by atoms with Gasteiger partial charge in [-0.15, -0.1) is 0 Å². The van der Waals surface area contributed by atoms with E-state index in [1.807, 2.05) is 30.3 Å². The second kappa shape index (κ2) is 4.89. The first-order valence-corrected chi connectivity index (χ1v) is 6.47. The molecule has 5 heteroatoms. The molecule has 1 atom stereocenters. The van der Waals surface area contributed by atoms with Crippen LogP contribution < -0.4 is 0 Å². The molecule has 5 nitrogen and oxygen atoms in total. The third-order valence-corrected chi connectivity index (χ3v) is 3.55. The highest BCUT2D eigenvalue weighted by atomic mass is 16.7. The predicted molar refractivity (Wildman–Crippen MR) is 73.4 cm³/mol. The highest BCUT2D eigenvalue weighted by Crippen LogP contribution is 2.33. The maximum absolute atomic E-state index is 10.9. The molecule has 0 saturated carbocycles. The van der Waals surface area contributed by atoms with Gasteiger partial charge in [0.15, 0.2) is 5.60 Å². The zero-order chi connectivity index (χ0) is 14.0. The van der Waals surface area contributed by atoms with Gasteiger partial charge in [0.1, 0.15) is 5.71 Å². The van der Waals surface area contributed by atoms with E-state index in [1.165, 1.54) is 4.90 Å². The van der Waals surface area contributed by atoms with Gasteiger partial charge >= 0.3 is 6.09 Å². The first-order chi connectivity index (χ1) is 9.67. The lowest BCUT2D eigenvalue weighted by molar-refractivity contribution is -0.00904. The molecule has 3 rings (SSSR count). The third kappa shape index (κ3) is 2.45. The molecule has 1 aromatic carbocycles. The van der Waals surface area contributed by atoms with Crippen LogP contribution in [0.1, 0.15) is 18.4 Å². The molecule has 0 aliphatic carbocycles. The number of nitrogens with zero attached hydrogens (tertiary/aromatic N) is 2. The van der Waals surface area contributed by atoms with Crippen molar-refractivity contribution in [2.75, 3.05) is 13.1 Å². The van der Waals surface area contributed by atoms with Crippen LogP contribution >= 0.6 is 0 Å². The number of oxime groups is 1. The summed E-state index contributed by atoms with van der Waals surface area (Å²) >= 11 is 0. The summed E-state index contributed by atoms with van der Waals surface area (Å²) in [7, 11) is 0. The Bertz CT molecular complexity index is 615. The summed E-state index contributed by atoms with van der Waals surface area (Å²) in [6, 6.07) is 9.66. The molecule has 1 N–H and O–H groups in total. The quantitative estimate of drug-likeness (QED) is 0.733. The SMILES string of the molecule is O=C(O)N1CCC2(CC(C#Cc3ccccc3)=NO2)C1. The molecular weight excluding hydrogens is 256 g/mol. The van der Waals surface area contributed by atoms with Crippen LogP contribution in [0.15, 0.2) is 35.5 Å². The first kappa shape index (κ1) is 12.5. The standard InChI is InChI=1S/C15H14N2O3/c18-14(19)17-9-8-15(11-17)10-13(16-20-15)7-6-12-4-2-1-3-5-12/h1-5H,8-11H2,(H,18,19). The summed E-state index contributed by atoms with van der Waals surface area (Å²) in [6.07, 6.45) is 0.338. The van der Waals surface area contributed by atoms with Gasteiger partial charge in [-0.3, -0.25) is 0 Å². The van der Waals surface area contributed by atoms with Crippen LogP contribution in [0.5, 0.6) is 0 Å². The second-order valence-corrected chi connectivity index (χ2v) is 5.06. The van der Waals surface area contributed by atoms with Crippen molar-refractivity contribution in [1.82, 2.24) is 4.90 Å². The monoisotopic (exact) mass is 270 g/mol. The predicted octanol–water partition coefficient (Wildman–Crippen LogP) is 1.94. The van der Waals surface area contributed by atoms with Crippen molar-refractivity contribution >= 4 is 11.8 Å². The van der Waals surface area contributed by atoms with Gasteiger partial charge in [-0.05, 0) is 18.1 Å². The van der Waals surface area contributed by atoms with Crippen molar-refractivity contribution < 1.29 is 14.7 Å². The molecule has 0 bridgehead atoms. The minimum Gasteiger partial charge on any atom is -0.465 e. The van der Waals surface area contributed by atoms with E-state index in [0.717, 1.165) is 5.56 Å². The topological polar surface area (TPSA) is 62.1 Å². The van der Waals surface area contributed by atoms with Gasteiger partial charge in [-0.25, -0.2) is 4.79 Å². The van der Waals surface area contributed by atoms with Crippen LogP contribution in [0.4, 0.5) is 4.79 Å². The van der Waals surface area contributed by atoms with E-state index >= 15 is 0 Å². The minimum absolute atomic E-state index is 0.363. The molecule has 1 fully saturated rings. The van der Waals surface area contributed by atoms with E-state index in [1.54, 1.807) is 0 Å². The van der Waals surface area contributed by atoms with Gasteiger partial charge in [0.25, 0.3) is 0 Å². The fourth-order valence-electron chi connectivity index (χ4n) is 2.48. The van der Waals surface area contributed by atoms with Crippen molar-refractivity contribution in [1.29, 1.82) is 0 Å². The second-order valence-electron chi connectivity index (χ2n) is 5.06. The van der Waals surface area contributed by atoms with Crippen molar-refractivity contribution in [2.24, 2.45) is 5.16 Å². The van der Waals surface area contributed by atoms with Crippen LogP contribution in [-0.4, -0.2) is 40.5 Å². The van der Waals surface area contributed by atoms with Crippen LogP contribution in [0.2, 0.25) is 0 Å². The molecule has 1 amide bonds. The van der Waals surface area contributed by atoms with Crippen molar-refractivity contribution in [3.63, 3.8) is 0 Å².